The summed E-state index contributed by atoms with van der Waals surface area (Å²) < 4.78 is 53.9. The van der Waals surface area contributed by atoms with Gasteiger partial charge in [-0.25, -0.2) is 4.79 Å². The van der Waals surface area contributed by atoms with Gasteiger partial charge in [0.05, 0.1) is 61.0 Å². The number of carbonyl (C=O) groups is 1. The van der Waals surface area contributed by atoms with E-state index in [2.05, 4.69) is 6.92 Å². The van der Waals surface area contributed by atoms with E-state index in [1.807, 2.05) is 13.8 Å². The van der Waals surface area contributed by atoms with Crippen LogP contribution in [0.25, 0.3) is 0 Å². The van der Waals surface area contributed by atoms with E-state index in [9.17, 15) is 50.8 Å². The molecule has 4 saturated carbocycles. The highest BCUT2D eigenvalue weighted by Crippen LogP contribution is 2.70. The normalized spacial score (nSPS) is 55.3. The molecule has 376 valence electrons. The van der Waals surface area contributed by atoms with Crippen LogP contribution in [-0.2, 0) is 47.4 Å². The standard InChI is InChI=1S/C47H74O19/c1-20-41(64-36-16-30(50)42(21(2)60-36)65-37-17-31(51)43(22(3)61-37)66-44-40(56)39(55)38(54)32(18-48)63-44)29(49)15-35(59-20)62-25-8-10-45(4)24(13-25)6-7-27-28(45)14-33(52)46(5)26(9-11-47(27,46)57)23-12-34(53)58-19-23/h12,20-22,24-33,35-44,48-52,54-57H,6-11,13-19H2,1-5H3/t20-,21-,22-,24+,25+,26-,27-,28-,29+,30+,31+,32-,33-,35+,36-,37+,38-,39+,40-,41+,42-,43+,44+,45+,46+,47+/m1/s1. The monoisotopic (exact) mass is 942 g/mol. The fourth-order valence-corrected chi connectivity index (χ4v) is 14.3. The van der Waals surface area contributed by atoms with Crippen LogP contribution in [0.4, 0.5) is 0 Å². The molecule has 0 aromatic rings. The second-order valence-electron chi connectivity index (χ2n) is 21.6. The minimum absolute atomic E-state index is 0.0188. The Balaban J connectivity index is 0.737. The zero-order chi connectivity index (χ0) is 47.2. The lowest BCUT2D eigenvalue weighted by atomic mass is 9.42. The van der Waals surface area contributed by atoms with Gasteiger partial charge in [-0.1, -0.05) is 13.8 Å². The van der Waals surface area contributed by atoms with E-state index in [-0.39, 0.29) is 61.1 Å². The van der Waals surface area contributed by atoms with E-state index in [4.69, 9.17) is 42.6 Å². The number of aliphatic hydroxyl groups excluding tert-OH is 8. The van der Waals surface area contributed by atoms with E-state index in [0.29, 0.717) is 18.8 Å². The molecule has 0 unspecified atom stereocenters. The SMILES string of the molecule is C[C@H]1O[C@@H](O[C@H]2CC[C@@]3(C)[C@@H](CC[C@@H]4[C@H]3C[C@@H](O)[C@]3(C)[C@@H](C5=CC(=O)OC5)CC[C@]43O)C2)C[C@H](O)[C@H]1O[C@@H]1C[C@H](O)[C@H](O[C@H]2C[C@H](O)[C@@H](O[C@@H]3O[C@H](CO)[C@@H](O)[C@H](O)[C@H]3O)[C@@H](C)O2)[C@@H](C)O1. The summed E-state index contributed by atoms with van der Waals surface area (Å²) in [7, 11) is 0. The molecule has 26 atom stereocenters. The van der Waals surface area contributed by atoms with Gasteiger partial charge in [-0.3, -0.25) is 0 Å². The molecule has 0 spiro atoms. The van der Waals surface area contributed by atoms with E-state index >= 15 is 0 Å². The number of esters is 1. The summed E-state index contributed by atoms with van der Waals surface area (Å²) in [5.74, 6) is 0.0825. The summed E-state index contributed by atoms with van der Waals surface area (Å²) in [5, 5.41) is 98.4. The molecular weight excluding hydrogens is 868 g/mol. The van der Waals surface area contributed by atoms with Crippen molar-refractivity contribution >= 4 is 5.97 Å². The van der Waals surface area contributed by atoms with Crippen LogP contribution in [0.1, 0.15) is 105 Å². The van der Waals surface area contributed by atoms with Crippen molar-refractivity contribution in [1.29, 1.82) is 0 Å². The molecule has 0 aromatic heterocycles. The zero-order valence-electron chi connectivity index (χ0n) is 38.7. The van der Waals surface area contributed by atoms with Gasteiger partial charge in [0.2, 0.25) is 0 Å². The Bertz CT molecular complexity index is 1720. The summed E-state index contributed by atoms with van der Waals surface area (Å²) in [5.41, 5.74) is -0.989. The van der Waals surface area contributed by atoms with Gasteiger partial charge in [0.1, 0.15) is 49.3 Å². The average molecular weight is 943 g/mol. The first-order chi connectivity index (χ1) is 31.2. The molecule has 0 aromatic carbocycles. The molecule has 0 amide bonds. The first-order valence-corrected chi connectivity index (χ1v) is 24.5. The van der Waals surface area contributed by atoms with Crippen LogP contribution >= 0.6 is 0 Å². The van der Waals surface area contributed by atoms with Gasteiger partial charge in [0.25, 0.3) is 0 Å². The van der Waals surface area contributed by atoms with Gasteiger partial charge in [-0.2, -0.15) is 0 Å². The molecule has 5 aliphatic heterocycles. The van der Waals surface area contributed by atoms with Crippen molar-refractivity contribution in [2.24, 2.45) is 34.5 Å². The molecule has 8 fully saturated rings. The van der Waals surface area contributed by atoms with Crippen LogP contribution < -0.4 is 0 Å². The Labute approximate surface area is 385 Å². The highest BCUT2D eigenvalue weighted by atomic mass is 16.8. The third kappa shape index (κ3) is 8.64. The molecule has 9 N–H and O–H groups in total. The Hall–Kier alpha value is -1.47. The minimum Gasteiger partial charge on any atom is -0.458 e. The van der Waals surface area contributed by atoms with Gasteiger partial charge >= 0.3 is 5.97 Å². The number of fused-ring (bicyclic) bond motifs is 5. The first kappa shape index (κ1) is 49.5. The van der Waals surface area contributed by atoms with Crippen LogP contribution in [0.5, 0.6) is 0 Å². The van der Waals surface area contributed by atoms with Crippen molar-refractivity contribution in [3.8, 4) is 0 Å². The van der Waals surface area contributed by atoms with E-state index in [1.165, 1.54) is 0 Å². The second-order valence-corrected chi connectivity index (χ2v) is 21.6. The fraction of sp³-hybridized carbons (Fsp3) is 0.936. The Morgan fingerprint density at radius 3 is 1.77 bits per heavy atom. The predicted molar refractivity (Wildman–Crippen MR) is 225 cm³/mol. The fourth-order valence-electron chi connectivity index (χ4n) is 14.3. The maximum atomic E-state index is 12.6. The second kappa shape index (κ2) is 18.9. The van der Waals surface area contributed by atoms with Crippen molar-refractivity contribution in [3.63, 3.8) is 0 Å². The molecule has 19 heteroatoms. The molecule has 4 aliphatic carbocycles. The Morgan fingerprint density at radius 2 is 1.23 bits per heavy atom. The Kier molecular flexibility index (Phi) is 14.2. The van der Waals surface area contributed by atoms with Crippen molar-refractivity contribution in [1.82, 2.24) is 0 Å². The summed E-state index contributed by atoms with van der Waals surface area (Å²) in [4.78, 5) is 12.0. The lowest BCUT2D eigenvalue weighted by molar-refractivity contribution is -0.355. The number of hydrogen-bond donors (Lipinski definition) is 9. The lowest BCUT2D eigenvalue weighted by Gasteiger charge is -2.65. The van der Waals surface area contributed by atoms with Crippen LogP contribution in [0, 0.1) is 34.5 Å². The van der Waals surface area contributed by atoms with Crippen molar-refractivity contribution < 1.29 is 93.4 Å². The summed E-state index contributed by atoms with van der Waals surface area (Å²) in [6, 6.07) is 0. The summed E-state index contributed by atoms with van der Waals surface area (Å²) in [6.45, 7) is 9.11. The van der Waals surface area contributed by atoms with E-state index in [1.54, 1.807) is 19.9 Å². The van der Waals surface area contributed by atoms with Crippen LogP contribution in [0.2, 0.25) is 0 Å². The van der Waals surface area contributed by atoms with Crippen molar-refractivity contribution in [3.05, 3.63) is 11.6 Å². The number of cyclic esters (lactones) is 1. The third-order valence-electron chi connectivity index (χ3n) is 18.1. The molecule has 0 bridgehead atoms. The molecular formula is C47H74O19. The minimum atomic E-state index is -1.65. The molecule has 9 aliphatic rings. The van der Waals surface area contributed by atoms with Gasteiger partial charge in [0, 0.05) is 30.8 Å². The van der Waals surface area contributed by atoms with Gasteiger partial charge in [-0.05, 0) is 107 Å². The maximum Gasteiger partial charge on any atom is 0.331 e. The molecule has 0 radical (unpaired) electrons. The third-order valence-corrected chi connectivity index (χ3v) is 18.1. The topological polar surface area (TPSA) is 282 Å². The highest BCUT2D eigenvalue weighted by molar-refractivity contribution is 5.85. The van der Waals surface area contributed by atoms with Gasteiger partial charge < -0.3 is 88.6 Å². The van der Waals surface area contributed by atoms with Crippen molar-refractivity contribution in [2.45, 2.75) is 228 Å². The lowest BCUT2D eigenvalue weighted by Crippen LogP contribution is -2.67. The number of carbonyl (C=O) groups excluding carboxylic acids is 1. The number of ether oxygens (including phenoxy) is 9. The quantitative estimate of drug-likeness (QED) is 0.103. The molecule has 5 heterocycles. The number of rotatable bonds is 10. The molecule has 9 rings (SSSR count). The van der Waals surface area contributed by atoms with Crippen LogP contribution in [0.15, 0.2) is 11.6 Å². The molecule has 66 heavy (non-hydrogen) atoms. The van der Waals surface area contributed by atoms with E-state index < -0.39 is 128 Å². The average Bonchev–Trinajstić information content (AvgIpc) is 3.82. The van der Waals surface area contributed by atoms with Crippen LogP contribution in [-0.4, -0.2) is 187 Å². The smallest absolute Gasteiger partial charge is 0.331 e. The largest absolute Gasteiger partial charge is 0.458 e. The zero-order valence-corrected chi connectivity index (χ0v) is 38.7. The van der Waals surface area contributed by atoms with Crippen LogP contribution in [0.3, 0.4) is 0 Å². The number of hydrogen-bond acceptors (Lipinski definition) is 19. The van der Waals surface area contributed by atoms with E-state index in [0.717, 1.165) is 44.1 Å². The van der Waals surface area contributed by atoms with Gasteiger partial charge in [0.15, 0.2) is 25.2 Å². The summed E-state index contributed by atoms with van der Waals surface area (Å²) >= 11 is 0. The number of aliphatic hydroxyl groups is 9. The summed E-state index contributed by atoms with van der Waals surface area (Å²) in [6.07, 6.45) is -10.8. The molecule has 4 saturated heterocycles. The Morgan fingerprint density at radius 1 is 0.652 bits per heavy atom. The first-order valence-electron chi connectivity index (χ1n) is 24.5. The van der Waals surface area contributed by atoms with Gasteiger partial charge in [-0.15, -0.1) is 0 Å². The molecule has 19 nitrogen and oxygen atoms in total. The predicted octanol–water partition coefficient (Wildman–Crippen LogP) is 0.0423. The maximum absolute atomic E-state index is 12.6. The van der Waals surface area contributed by atoms with Crippen molar-refractivity contribution in [2.75, 3.05) is 13.2 Å². The highest BCUT2D eigenvalue weighted by Gasteiger charge is 2.71.